The van der Waals surface area contributed by atoms with Crippen LogP contribution in [0.2, 0.25) is 0 Å². The van der Waals surface area contributed by atoms with E-state index in [1.807, 2.05) is 42.6 Å². The lowest BCUT2D eigenvalue weighted by Crippen LogP contribution is -2.24. The molecule has 3 aromatic rings. The molecular weight excluding hydrogens is 324 g/mol. The lowest BCUT2D eigenvalue weighted by Gasteiger charge is -2.16. The number of aromatic nitrogens is 2. The summed E-state index contributed by atoms with van der Waals surface area (Å²) in [7, 11) is -1.68. The van der Waals surface area contributed by atoms with Crippen molar-refractivity contribution in [3.63, 3.8) is 0 Å². The summed E-state index contributed by atoms with van der Waals surface area (Å²) in [6.45, 7) is 1.43. The molecule has 1 heterocycles. The fraction of sp³-hybridized carbons (Fsp3) is 0.235. The average Bonchev–Trinajstić information content (AvgIpc) is 3.03. The van der Waals surface area contributed by atoms with Crippen molar-refractivity contribution in [3.05, 3.63) is 59.8 Å². The van der Waals surface area contributed by atoms with E-state index in [9.17, 15) is 8.42 Å². The highest BCUT2D eigenvalue weighted by molar-refractivity contribution is 7.92. The van der Waals surface area contributed by atoms with Crippen molar-refractivity contribution in [2.45, 2.75) is 13.1 Å². The molecule has 0 radical (unpaired) electrons. The first-order valence-electron chi connectivity index (χ1n) is 7.60. The van der Waals surface area contributed by atoms with Crippen LogP contribution in [0.15, 0.2) is 48.7 Å². The zero-order chi connectivity index (χ0) is 17.2. The van der Waals surface area contributed by atoms with E-state index in [4.69, 9.17) is 0 Å². The van der Waals surface area contributed by atoms with Crippen molar-refractivity contribution in [3.8, 4) is 0 Å². The van der Waals surface area contributed by atoms with Crippen LogP contribution in [0.1, 0.15) is 11.1 Å². The number of anilines is 1. The van der Waals surface area contributed by atoms with Crippen LogP contribution in [0.4, 0.5) is 5.69 Å². The normalized spacial score (nSPS) is 11.8. The zero-order valence-electron chi connectivity index (χ0n) is 13.7. The number of rotatable bonds is 6. The van der Waals surface area contributed by atoms with Crippen LogP contribution in [0, 0.1) is 0 Å². The molecule has 0 saturated heterocycles. The molecule has 0 unspecified atom stereocenters. The zero-order valence-corrected chi connectivity index (χ0v) is 14.5. The number of aromatic amines is 1. The summed E-state index contributed by atoms with van der Waals surface area (Å²) in [4.78, 5) is 0. The van der Waals surface area contributed by atoms with Crippen molar-refractivity contribution in [1.29, 1.82) is 0 Å². The van der Waals surface area contributed by atoms with E-state index in [0.717, 1.165) is 23.0 Å². The lowest BCUT2D eigenvalue weighted by atomic mass is 10.1. The van der Waals surface area contributed by atoms with Gasteiger partial charge in [0.2, 0.25) is 10.0 Å². The predicted molar refractivity (Wildman–Crippen MR) is 96.3 cm³/mol. The molecule has 0 aliphatic carbocycles. The number of H-pyrrole nitrogens is 1. The van der Waals surface area contributed by atoms with Crippen LogP contribution in [0.5, 0.6) is 0 Å². The van der Waals surface area contributed by atoms with Gasteiger partial charge in [-0.15, -0.1) is 0 Å². The van der Waals surface area contributed by atoms with Gasteiger partial charge in [0.05, 0.1) is 23.7 Å². The summed E-state index contributed by atoms with van der Waals surface area (Å²) in [5.41, 5.74) is 3.97. The van der Waals surface area contributed by atoms with Crippen molar-refractivity contribution in [2.75, 3.05) is 17.6 Å². The Morgan fingerprint density at radius 3 is 2.58 bits per heavy atom. The molecule has 0 aliphatic rings. The highest BCUT2D eigenvalue weighted by Gasteiger charge is 2.11. The molecule has 0 fully saturated rings. The van der Waals surface area contributed by atoms with Gasteiger partial charge in [-0.3, -0.25) is 9.40 Å². The second-order valence-electron chi connectivity index (χ2n) is 5.75. The Balaban J connectivity index is 1.62. The van der Waals surface area contributed by atoms with Crippen LogP contribution in [-0.4, -0.2) is 31.9 Å². The molecule has 0 saturated carbocycles. The molecule has 0 aliphatic heterocycles. The Labute approximate surface area is 141 Å². The van der Waals surface area contributed by atoms with Crippen molar-refractivity contribution >= 4 is 26.6 Å². The summed E-state index contributed by atoms with van der Waals surface area (Å²) >= 11 is 0. The third-order valence-corrected chi connectivity index (χ3v) is 5.21. The topological polar surface area (TPSA) is 78.1 Å². The van der Waals surface area contributed by atoms with Crippen LogP contribution >= 0.6 is 0 Å². The monoisotopic (exact) mass is 344 g/mol. The first-order chi connectivity index (χ1) is 11.4. The maximum absolute atomic E-state index is 11.5. The van der Waals surface area contributed by atoms with Gasteiger partial charge in [-0.05, 0) is 23.3 Å². The summed E-state index contributed by atoms with van der Waals surface area (Å²) in [5.74, 6) is 0. The van der Waals surface area contributed by atoms with Crippen LogP contribution < -0.4 is 9.62 Å². The smallest absolute Gasteiger partial charge is 0.231 e. The Morgan fingerprint density at radius 2 is 1.88 bits per heavy atom. The van der Waals surface area contributed by atoms with E-state index in [1.54, 1.807) is 7.05 Å². The van der Waals surface area contributed by atoms with Crippen molar-refractivity contribution in [2.24, 2.45) is 0 Å². The SMILES string of the molecule is CN(c1ccc(CNCc2cccc3cn[nH]c23)cc1)S(C)(=O)=O. The molecule has 0 atom stereocenters. The van der Waals surface area contributed by atoms with E-state index in [0.29, 0.717) is 12.2 Å². The molecule has 0 bridgehead atoms. The second-order valence-corrected chi connectivity index (χ2v) is 7.77. The van der Waals surface area contributed by atoms with Gasteiger partial charge in [-0.2, -0.15) is 5.10 Å². The number of nitrogens with zero attached hydrogens (tertiary/aromatic N) is 2. The number of sulfonamides is 1. The van der Waals surface area contributed by atoms with Gasteiger partial charge in [-0.1, -0.05) is 30.3 Å². The van der Waals surface area contributed by atoms with Gasteiger partial charge in [0.1, 0.15) is 0 Å². The number of fused-ring (bicyclic) bond motifs is 1. The maximum Gasteiger partial charge on any atom is 0.231 e. The second kappa shape index (κ2) is 6.62. The number of hydrogen-bond donors (Lipinski definition) is 2. The summed E-state index contributed by atoms with van der Waals surface area (Å²) in [5, 5.41) is 11.6. The van der Waals surface area contributed by atoms with Gasteiger partial charge in [0.15, 0.2) is 0 Å². The van der Waals surface area contributed by atoms with Gasteiger partial charge in [0, 0.05) is 25.5 Å². The highest BCUT2D eigenvalue weighted by atomic mass is 32.2. The minimum Gasteiger partial charge on any atom is -0.309 e. The van der Waals surface area contributed by atoms with E-state index < -0.39 is 10.0 Å². The molecule has 7 heteroatoms. The summed E-state index contributed by atoms with van der Waals surface area (Å²) < 4.78 is 24.3. The van der Waals surface area contributed by atoms with Crippen molar-refractivity contribution in [1.82, 2.24) is 15.5 Å². The third kappa shape index (κ3) is 3.58. The number of hydrogen-bond acceptors (Lipinski definition) is 4. The number of nitrogens with one attached hydrogen (secondary N) is 2. The van der Waals surface area contributed by atoms with E-state index in [-0.39, 0.29) is 0 Å². The minimum absolute atomic E-state index is 0.656. The molecule has 2 aromatic carbocycles. The fourth-order valence-electron chi connectivity index (χ4n) is 2.53. The third-order valence-electron chi connectivity index (χ3n) is 4.00. The Bertz CT molecular complexity index is 933. The fourth-order valence-corrected chi connectivity index (χ4v) is 3.04. The van der Waals surface area contributed by atoms with Gasteiger partial charge in [0.25, 0.3) is 0 Å². The minimum atomic E-state index is -3.23. The molecule has 0 amide bonds. The van der Waals surface area contributed by atoms with Gasteiger partial charge < -0.3 is 5.32 Å². The molecule has 126 valence electrons. The lowest BCUT2D eigenvalue weighted by molar-refractivity contribution is 0.600. The quantitative estimate of drug-likeness (QED) is 0.719. The van der Waals surface area contributed by atoms with Crippen LogP contribution in [-0.2, 0) is 23.1 Å². The average molecular weight is 344 g/mol. The Kier molecular flexibility index (Phi) is 4.55. The molecule has 3 rings (SSSR count). The first kappa shape index (κ1) is 16.5. The standard InChI is InChI=1S/C17H20N4O2S/c1-21(24(2,22)23)16-8-6-13(7-9-16)10-18-11-14-4-3-5-15-12-19-20-17(14)15/h3-9,12,18H,10-11H2,1-2H3,(H,19,20). The van der Waals surface area contributed by atoms with E-state index in [2.05, 4.69) is 21.6 Å². The summed E-state index contributed by atoms with van der Waals surface area (Å²) in [6.07, 6.45) is 3.01. The Morgan fingerprint density at radius 1 is 1.12 bits per heavy atom. The summed E-state index contributed by atoms with van der Waals surface area (Å²) in [6, 6.07) is 13.6. The van der Waals surface area contributed by atoms with Crippen LogP contribution in [0.25, 0.3) is 10.9 Å². The van der Waals surface area contributed by atoms with E-state index in [1.165, 1.54) is 16.1 Å². The van der Waals surface area contributed by atoms with Crippen LogP contribution in [0.3, 0.4) is 0 Å². The molecule has 2 N–H and O–H groups in total. The number of benzene rings is 2. The molecule has 1 aromatic heterocycles. The molecule has 6 nitrogen and oxygen atoms in total. The van der Waals surface area contributed by atoms with Crippen molar-refractivity contribution < 1.29 is 8.42 Å². The molecular formula is C17H20N4O2S. The largest absolute Gasteiger partial charge is 0.309 e. The number of para-hydroxylation sites is 1. The molecule has 0 spiro atoms. The van der Waals surface area contributed by atoms with Gasteiger partial charge in [-0.25, -0.2) is 8.42 Å². The van der Waals surface area contributed by atoms with E-state index >= 15 is 0 Å². The first-order valence-corrected chi connectivity index (χ1v) is 9.44. The highest BCUT2D eigenvalue weighted by Crippen LogP contribution is 2.17. The maximum atomic E-state index is 11.5. The Hall–Kier alpha value is -2.38. The molecule has 24 heavy (non-hydrogen) atoms. The predicted octanol–water partition coefficient (Wildman–Crippen LogP) is 2.25. The van der Waals surface area contributed by atoms with Gasteiger partial charge >= 0.3 is 0 Å².